The molecule has 0 fully saturated rings. The van der Waals surface area contributed by atoms with Crippen molar-refractivity contribution in [1.29, 1.82) is 0 Å². The number of methoxy groups -OCH3 is 2. The molecule has 0 saturated carbocycles. The van der Waals surface area contributed by atoms with Gasteiger partial charge in [0, 0.05) is 26.8 Å². The topological polar surface area (TPSA) is 64.1 Å². The van der Waals surface area contributed by atoms with E-state index in [4.69, 9.17) is 14.2 Å². The van der Waals surface area contributed by atoms with E-state index < -0.39 is 12.8 Å². The molecule has 0 aromatic heterocycles. The maximum atomic E-state index is 12.3. The number of hydrogen-bond acceptors (Lipinski definition) is 4. The molecule has 0 aliphatic rings. The predicted octanol–water partition coefficient (Wildman–Crippen LogP) is 2.73. The Morgan fingerprint density at radius 2 is 1.92 bits per heavy atom. The predicted molar refractivity (Wildman–Crippen MR) is 93.9 cm³/mol. The molecule has 0 amide bonds. The molecule has 26 heavy (non-hydrogen) atoms. The summed E-state index contributed by atoms with van der Waals surface area (Å²) in [6, 6.07) is 4.73. The molecule has 6 nitrogen and oxygen atoms in total. The normalized spacial score (nSPS) is 12.0. The van der Waals surface area contributed by atoms with Crippen LogP contribution in [-0.2, 0) is 11.3 Å². The highest BCUT2D eigenvalue weighted by Crippen LogP contribution is 2.30. The highest BCUT2D eigenvalue weighted by atomic mass is 19.4. The van der Waals surface area contributed by atoms with Gasteiger partial charge in [0.15, 0.2) is 24.1 Å². The number of nitrogens with zero attached hydrogens (tertiary/aromatic N) is 1. The number of guanidine groups is 1. The third-order valence-corrected chi connectivity index (χ3v) is 3.20. The van der Waals surface area contributed by atoms with Crippen molar-refractivity contribution in [3.8, 4) is 11.5 Å². The van der Waals surface area contributed by atoms with E-state index in [0.29, 0.717) is 32.2 Å². The van der Waals surface area contributed by atoms with Crippen molar-refractivity contribution in [3.63, 3.8) is 0 Å². The minimum atomic E-state index is -4.40. The summed E-state index contributed by atoms with van der Waals surface area (Å²) >= 11 is 0. The van der Waals surface area contributed by atoms with Crippen LogP contribution in [0.2, 0.25) is 0 Å². The zero-order chi connectivity index (χ0) is 19.4. The van der Waals surface area contributed by atoms with E-state index in [1.54, 1.807) is 19.2 Å². The van der Waals surface area contributed by atoms with Crippen LogP contribution in [0.4, 0.5) is 13.2 Å². The monoisotopic (exact) mass is 377 g/mol. The molecule has 148 valence electrons. The zero-order valence-corrected chi connectivity index (χ0v) is 15.3. The quantitative estimate of drug-likeness (QED) is 0.373. The van der Waals surface area contributed by atoms with Crippen LogP contribution >= 0.6 is 0 Å². The first-order valence-corrected chi connectivity index (χ1v) is 8.27. The van der Waals surface area contributed by atoms with E-state index in [-0.39, 0.29) is 11.5 Å². The SMILES string of the molecule is CCNC(=NCc1ccc(OCC(F)(F)F)c(OC)c1)NCCCOC. The van der Waals surface area contributed by atoms with Crippen LogP contribution in [0.15, 0.2) is 23.2 Å². The molecule has 0 unspecified atom stereocenters. The van der Waals surface area contributed by atoms with Gasteiger partial charge in [-0.2, -0.15) is 13.2 Å². The van der Waals surface area contributed by atoms with Crippen molar-refractivity contribution in [2.75, 3.05) is 40.5 Å². The molecule has 1 aromatic carbocycles. The van der Waals surface area contributed by atoms with Crippen LogP contribution in [0, 0.1) is 0 Å². The van der Waals surface area contributed by atoms with Crippen molar-refractivity contribution in [3.05, 3.63) is 23.8 Å². The van der Waals surface area contributed by atoms with Crippen molar-refractivity contribution in [2.24, 2.45) is 4.99 Å². The Morgan fingerprint density at radius 1 is 1.15 bits per heavy atom. The second-order valence-corrected chi connectivity index (χ2v) is 5.36. The Morgan fingerprint density at radius 3 is 2.54 bits per heavy atom. The molecule has 9 heteroatoms. The van der Waals surface area contributed by atoms with Crippen LogP contribution in [0.25, 0.3) is 0 Å². The molecule has 1 rings (SSSR count). The standard InChI is InChI=1S/C17H26F3N3O3/c1-4-21-16(22-8-5-9-24-2)23-11-13-6-7-14(15(10-13)25-3)26-12-17(18,19)20/h6-7,10H,4-5,8-9,11-12H2,1-3H3,(H2,21,22,23). The second kappa shape index (κ2) is 11.5. The minimum Gasteiger partial charge on any atom is -0.493 e. The summed E-state index contributed by atoms with van der Waals surface area (Å²) in [6.07, 6.45) is -3.55. The lowest BCUT2D eigenvalue weighted by Crippen LogP contribution is -2.38. The van der Waals surface area contributed by atoms with E-state index in [1.165, 1.54) is 13.2 Å². The van der Waals surface area contributed by atoms with Gasteiger partial charge in [0.05, 0.1) is 13.7 Å². The van der Waals surface area contributed by atoms with Gasteiger partial charge in [-0.1, -0.05) is 6.07 Å². The van der Waals surface area contributed by atoms with Gasteiger partial charge in [-0.15, -0.1) is 0 Å². The average Bonchev–Trinajstić information content (AvgIpc) is 2.61. The molecule has 0 radical (unpaired) electrons. The Hall–Kier alpha value is -2.16. The van der Waals surface area contributed by atoms with Gasteiger partial charge in [0.2, 0.25) is 0 Å². The number of hydrogen-bond donors (Lipinski definition) is 2. The average molecular weight is 377 g/mol. The zero-order valence-electron chi connectivity index (χ0n) is 15.3. The Kier molecular flexibility index (Phi) is 9.64. The molecular formula is C17H26F3N3O3. The molecule has 0 atom stereocenters. The lowest BCUT2D eigenvalue weighted by atomic mass is 10.2. The number of halogens is 3. The number of rotatable bonds is 10. The Bertz CT molecular complexity index is 566. The molecule has 0 spiro atoms. The van der Waals surface area contributed by atoms with Crippen LogP contribution in [0.5, 0.6) is 11.5 Å². The maximum absolute atomic E-state index is 12.3. The lowest BCUT2D eigenvalue weighted by Gasteiger charge is -2.14. The summed E-state index contributed by atoms with van der Waals surface area (Å²) in [5.74, 6) is 0.933. The Labute approximate surface area is 151 Å². The van der Waals surface area contributed by atoms with Gasteiger partial charge >= 0.3 is 6.18 Å². The van der Waals surface area contributed by atoms with Gasteiger partial charge in [0.25, 0.3) is 0 Å². The van der Waals surface area contributed by atoms with Gasteiger partial charge in [-0.25, -0.2) is 4.99 Å². The largest absolute Gasteiger partial charge is 0.493 e. The second-order valence-electron chi connectivity index (χ2n) is 5.36. The van der Waals surface area contributed by atoms with Crippen molar-refractivity contribution in [1.82, 2.24) is 10.6 Å². The molecule has 1 aromatic rings. The minimum absolute atomic E-state index is 0.0437. The third-order valence-electron chi connectivity index (χ3n) is 3.20. The van der Waals surface area contributed by atoms with Crippen molar-refractivity contribution in [2.45, 2.75) is 26.1 Å². The Balaban J connectivity index is 2.71. The van der Waals surface area contributed by atoms with Crippen LogP contribution in [-0.4, -0.2) is 52.7 Å². The number of nitrogens with one attached hydrogen (secondary N) is 2. The fourth-order valence-corrected chi connectivity index (χ4v) is 2.02. The molecule has 0 aliphatic carbocycles. The molecule has 0 aliphatic heterocycles. The number of benzene rings is 1. The number of ether oxygens (including phenoxy) is 3. The first kappa shape index (κ1) is 21.9. The fourth-order valence-electron chi connectivity index (χ4n) is 2.02. The van der Waals surface area contributed by atoms with Crippen LogP contribution in [0.3, 0.4) is 0 Å². The van der Waals surface area contributed by atoms with Gasteiger partial charge in [0.1, 0.15) is 0 Å². The summed E-state index contributed by atoms with van der Waals surface area (Å²) in [6.45, 7) is 3.02. The van der Waals surface area contributed by atoms with E-state index in [9.17, 15) is 13.2 Å². The number of alkyl halides is 3. The summed E-state index contributed by atoms with van der Waals surface area (Å²) in [5.41, 5.74) is 0.787. The first-order chi connectivity index (χ1) is 12.4. The van der Waals surface area contributed by atoms with Crippen molar-refractivity contribution >= 4 is 5.96 Å². The van der Waals surface area contributed by atoms with E-state index >= 15 is 0 Å². The van der Waals surface area contributed by atoms with Gasteiger partial charge in [-0.05, 0) is 31.0 Å². The molecule has 0 saturated heterocycles. The van der Waals surface area contributed by atoms with E-state index in [1.807, 2.05) is 6.92 Å². The summed E-state index contributed by atoms with van der Waals surface area (Å²) in [7, 11) is 3.03. The summed E-state index contributed by atoms with van der Waals surface area (Å²) in [5, 5.41) is 6.30. The summed E-state index contributed by atoms with van der Waals surface area (Å²) in [4.78, 5) is 4.45. The fraction of sp³-hybridized carbons (Fsp3) is 0.588. The maximum Gasteiger partial charge on any atom is 0.422 e. The highest BCUT2D eigenvalue weighted by Gasteiger charge is 2.29. The smallest absolute Gasteiger partial charge is 0.422 e. The third kappa shape index (κ3) is 8.80. The van der Waals surface area contributed by atoms with Gasteiger partial charge in [-0.3, -0.25) is 0 Å². The number of aliphatic imine (C=N–C) groups is 1. The lowest BCUT2D eigenvalue weighted by molar-refractivity contribution is -0.153. The molecule has 2 N–H and O–H groups in total. The van der Waals surface area contributed by atoms with E-state index in [0.717, 1.165) is 12.0 Å². The summed E-state index contributed by atoms with van der Waals surface area (Å²) < 4.78 is 51.7. The van der Waals surface area contributed by atoms with Gasteiger partial charge < -0.3 is 24.8 Å². The van der Waals surface area contributed by atoms with E-state index in [2.05, 4.69) is 15.6 Å². The molecular weight excluding hydrogens is 351 g/mol. The first-order valence-electron chi connectivity index (χ1n) is 8.27. The molecule has 0 heterocycles. The highest BCUT2D eigenvalue weighted by molar-refractivity contribution is 5.79. The van der Waals surface area contributed by atoms with Crippen LogP contribution < -0.4 is 20.1 Å². The van der Waals surface area contributed by atoms with Crippen molar-refractivity contribution < 1.29 is 27.4 Å². The van der Waals surface area contributed by atoms with Crippen LogP contribution in [0.1, 0.15) is 18.9 Å². The molecule has 0 bridgehead atoms.